The second kappa shape index (κ2) is 11.1. The van der Waals surface area contributed by atoms with Crippen molar-refractivity contribution >= 4 is 17.4 Å². The molecule has 35 heavy (non-hydrogen) atoms. The van der Waals surface area contributed by atoms with E-state index in [0.29, 0.717) is 24.6 Å². The molecular weight excluding hydrogens is 461 g/mol. The lowest BCUT2D eigenvalue weighted by molar-refractivity contribution is -0.138. The number of nitrogens with one attached hydrogen (secondary N) is 2. The molecular formula is C24H25F3N6O2. The summed E-state index contributed by atoms with van der Waals surface area (Å²) in [7, 11) is 0. The van der Waals surface area contributed by atoms with Crippen LogP contribution in [0, 0.1) is 0 Å². The van der Waals surface area contributed by atoms with Gasteiger partial charge in [-0.05, 0) is 56.3 Å². The van der Waals surface area contributed by atoms with Gasteiger partial charge < -0.3 is 15.4 Å². The van der Waals surface area contributed by atoms with Gasteiger partial charge >= 0.3 is 6.18 Å². The molecule has 1 amide bonds. The highest BCUT2D eigenvalue weighted by Crippen LogP contribution is 2.38. The molecule has 3 aromatic rings. The Morgan fingerprint density at radius 1 is 1.09 bits per heavy atom. The Hall–Kier alpha value is -3.73. The average Bonchev–Trinajstić information content (AvgIpc) is 3.36. The molecule has 0 spiro atoms. The van der Waals surface area contributed by atoms with E-state index in [2.05, 4.69) is 30.5 Å². The van der Waals surface area contributed by atoms with Crippen LogP contribution in [0.4, 0.5) is 24.7 Å². The number of likely N-dealkylation sites (tertiary alicyclic amines) is 1. The molecule has 0 aliphatic carbocycles. The monoisotopic (exact) mass is 486 g/mol. The maximum Gasteiger partial charge on any atom is 0.419 e. The molecule has 1 aliphatic rings. The Balaban J connectivity index is 1.46. The molecule has 0 atom stereocenters. The van der Waals surface area contributed by atoms with Gasteiger partial charge in [0.05, 0.1) is 23.4 Å². The summed E-state index contributed by atoms with van der Waals surface area (Å²) in [6, 6.07) is 8.22. The Morgan fingerprint density at radius 3 is 2.66 bits per heavy atom. The van der Waals surface area contributed by atoms with Crippen molar-refractivity contribution in [2.24, 2.45) is 0 Å². The van der Waals surface area contributed by atoms with Gasteiger partial charge in [-0.15, -0.1) is 0 Å². The highest BCUT2D eigenvalue weighted by Gasteiger charge is 2.34. The first-order valence-corrected chi connectivity index (χ1v) is 11.2. The Bertz CT molecular complexity index is 1140. The number of pyridine rings is 1. The number of amides is 1. The molecule has 184 valence electrons. The number of aromatic nitrogens is 3. The average molecular weight is 486 g/mol. The van der Waals surface area contributed by atoms with Gasteiger partial charge in [-0.1, -0.05) is 0 Å². The van der Waals surface area contributed by atoms with Gasteiger partial charge in [-0.3, -0.25) is 9.69 Å². The summed E-state index contributed by atoms with van der Waals surface area (Å²) in [5.41, 5.74) is 0.240. The zero-order chi connectivity index (χ0) is 24.7. The predicted molar refractivity (Wildman–Crippen MR) is 124 cm³/mol. The summed E-state index contributed by atoms with van der Waals surface area (Å²) in [6.45, 7) is 2.83. The molecule has 8 nitrogen and oxygen atoms in total. The number of halogens is 3. The molecule has 1 aromatic carbocycles. The zero-order valence-corrected chi connectivity index (χ0v) is 18.9. The lowest BCUT2D eigenvalue weighted by atomic mass is 10.1. The highest BCUT2D eigenvalue weighted by atomic mass is 19.4. The third-order valence-electron chi connectivity index (χ3n) is 5.54. The molecule has 1 aliphatic heterocycles. The minimum Gasteiger partial charge on any atom is -0.492 e. The molecule has 2 aromatic heterocycles. The summed E-state index contributed by atoms with van der Waals surface area (Å²) in [5, 5.41) is 5.70. The van der Waals surface area contributed by atoms with Crippen molar-refractivity contribution in [1.29, 1.82) is 0 Å². The van der Waals surface area contributed by atoms with E-state index in [4.69, 9.17) is 4.74 Å². The van der Waals surface area contributed by atoms with Gasteiger partial charge in [0.2, 0.25) is 0 Å². The number of anilines is 2. The van der Waals surface area contributed by atoms with Crippen molar-refractivity contribution < 1.29 is 22.7 Å². The second-order valence-corrected chi connectivity index (χ2v) is 8.01. The van der Waals surface area contributed by atoms with Gasteiger partial charge in [0.1, 0.15) is 24.5 Å². The molecule has 0 bridgehead atoms. The van der Waals surface area contributed by atoms with E-state index >= 15 is 0 Å². The van der Waals surface area contributed by atoms with Gasteiger partial charge in [0.15, 0.2) is 0 Å². The standard InChI is InChI=1S/C24H25F3N6O2/c25-24(26,27)20-6-5-17(14-21(20)35-13-12-33-10-1-2-11-33)32-23(34)19-4-3-8-29-22(19)30-15-18-7-9-28-16-31-18/h3-9,14,16H,1-2,10-13,15H2,(H,29,30)(H,32,34). The first-order valence-electron chi connectivity index (χ1n) is 11.2. The lowest BCUT2D eigenvalue weighted by Crippen LogP contribution is -2.25. The largest absolute Gasteiger partial charge is 0.492 e. The molecule has 0 unspecified atom stereocenters. The van der Waals surface area contributed by atoms with E-state index in [1.165, 1.54) is 24.7 Å². The second-order valence-electron chi connectivity index (χ2n) is 8.01. The van der Waals surface area contributed by atoms with Crippen LogP contribution >= 0.6 is 0 Å². The van der Waals surface area contributed by atoms with Crippen molar-refractivity contribution in [3.8, 4) is 5.75 Å². The summed E-state index contributed by atoms with van der Waals surface area (Å²) in [6.07, 6.45) is 2.14. The molecule has 0 radical (unpaired) electrons. The third kappa shape index (κ3) is 6.66. The van der Waals surface area contributed by atoms with Gasteiger partial charge in [-0.2, -0.15) is 13.2 Å². The molecule has 4 rings (SSSR count). The summed E-state index contributed by atoms with van der Waals surface area (Å²) in [4.78, 5) is 27.3. The minimum absolute atomic E-state index is 0.125. The number of hydrogen-bond acceptors (Lipinski definition) is 7. The normalized spacial score (nSPS) is 14.0. The molecule has 1 fully saturated rings. The lowest BCUT2D eigenvalue weighted by Gasteiger charge is -2.18. The molecule has 11 heteroatoms. The molecule has 2 N–H and O–H groups in total. The SMILES string of the molecule is O=C(Nc1ccc(C(F)(F)F)c(OCCN2CCCC2)c1)c1cccnc1NCc1ccncn1. The maximum absolute atomic E-state index is 13.5. The van der Waals surface area contributed by atoms with E-state index in [1.54, 1.807) is 24.4 Å². The van der Waals surface area contributed by atoms with Crippen molar-refractivity contribution in [1.82, 2.24) is 19.9 Å². The summed E-state index contributed by atoms with van der Waals surface area (Å²) in [5.74, 6) is -0.522. The third-order valence-corrected chi connectivity index (χ3v) is 5.54. The summed E-state index contributed by atoms with van der Waals surface area (Å²) < 4.78 is 46.0. The van der Waals surface area contributed by atoms with Gasteiger partial charge in [-0.25, -0.2) is 15.0 Å². The van der Waals surface area contributed by atoms with Crippen LogP contribution in [-0.4, -0.2) is 52.0 Å². The van der Waals surface area contributed by atoms with E-state index in [0.717, 1.165) is 32.0 Å². The first kappa shape index (κ1) is 24.4. The van der Waals surface area contributed by atoms with Crippen molar-refractivity contribution in [2.45, 2.75) is 25.6 Å². The number of carbonyl (C=O) groups is 1. The van der Waals surface area contributed by atoms with Crippen LogP contribution in [0.1, 0.15) is 34.5 Å². The first-order chi connectivity index (χ1) is 16.9. The van der Waals surface area contributed by atoms with Gasteiger partial charge in [0.25, 0.3) is 5.91 Å². The number of ether oxygens (including phenoxy) is 1. The minimum atomic E-state index is -4.58. The predicted octanol–water partition coefficient (Wildman–Crippen LogP) is 4.23. The maximum atomic E-state index is 13.5. The number of benzene rings is 1. The van der Waals surface area contributed by atoms with E-state index in [-0.39, 0.29) is 23.6 Å². The zero-order valence-electron chi connectivity index (χ0n) is 18.9. The Kier molecular flexibility index (Phi) is 7.76. The van der Waals surface area contributed by atoms with Crippen molar-refractivity contribution in [3.63, 3.8) is 0 Å². The fourth-order valence-corrected chi connectivity index (χ4v) is 3.77. The van der Waals surface area contributed by atoms with Crippen LogP contribution in [0.5, 0.6) is 5.75 Å². The van der Waals surface area contributed by atoms with Crippen molar-refractivity contribution in [2.75, 3.05) is 36.9 Å². The van der Waals surface area contributed by atoms with Crippen LogP contribution in [0.15, 0.2) is 55.1 Å². The van der Waals surface area contributed by atoms with Crippen LogP contribution in [0.3, 0.4) is 0 Å². The molecule has 0 saturated carbocycles. The number of alkyl halides is 3. The number of carbonyl (C=O) groups excluding carboxylic acids is 1. The van der Waals surface area contributed by atoms with Crippen LogP contribution in [0.2, 0.25) is 0 Å². The fourth-order valence-electron chi connectivity index (χ4n) is 3.77. The number of hydrogen-bond donors (Lipinski definition) is 2. The van der Waals surface area contributed by atoms with Crippen molar-refractivity contribution in [3.05, 3.63) is 71.9 Å². The van der Waals surface area contributed by atoms with E-state index < -0.39 is 17.6 Å². The summed E-state index contributed by atoms with van der Waals surface area (Å²) >= 11 is 0. The molecule has 3 heterocycles. The Morgan fingerprint density at radius 2 is 1.91 bits per heavy atom. The quantitative estimate of drug-likeness (QED) is 0.468. The van der Waals surface area contributed by atoms with Crippen LogP contribution in [0.25, 0.3) is 0 Å². The number of nitrogens with zero attached hydrogens (tertiary/aromatic N) is 4. The fraction of sp³-hybridized carbons (Fsp3) is 0.333. The van der Waals surface area contributed by atoms with E-state index in [9.17, 15) is 18.0 Å². The Labute approximate surface area is 200 Å². The van der Waals surface area contributed by atoms with Crippen LogP contribution < -0.4 is 15.4 Å². The van der Waals surface area contributed by atoms with Gasteiger partial charge in [0, 0.05) is 30.7 Å². The van der Waals surface area contributed by atoms with Crippen LogP contribution in [-0.2, 0) is 12.7 Å². The smallest absolute Gasteiger partial charge is 0.419 e. The number of rotatable bonds is 9. The molecule has 1 saturated heterocycles. The highest BCUT2D eigenvalue weighted by molar-refractivity contribution is 6.07. The topological polar surface area (TPSA) is 92.3 Å². The van der Waals surface area contributed by atoms with E-state index in [1.807, 2.05) is 0 Å².